The minimum atomic E-state index is -4.10. The van der Waals surface area contributed by atoms with E-state index in [4.69, 9.17) is 0 Å². The van der Waals surface area contributed by atoms with Crippen LogP contribution in [0.4, 0.5) is 13.2 Å². The number of nitrogens with one attached hydrogen (secondary N) is 1. The van der Waals surface area contributed by atoms with Crippen LogP contribution in [0.15, 0.2) is 0 Å². The third-order valence-corrected chi connectivity index (χ3v) is 4.12. The van der Waals surface area contributed by atoms with Crippen LogP contribution in [0.25, 0.3) is 0 Å². The van der Waals surface area contributed by atoms with E-state index in [1.54, 1.807) is 0 Å². The summed E-state index contributed by atoms with van der Waals surface area (Å²) in [6.45, 7) is 3.12. The predicted molar refractivity (Wildman–Crippen MR) is 65.5 cm³/mol. The fourth-order valence-electron chi connectivity index (χ4n) is 3.37. The molecule has 1 aliphatic carbocycles. The molecule has 2 unspecified atom stereocenters. The number of hydrogen-bond acceptors (Lipinski definition) is 2. The largest absolute Gasteiger partial charge is 0.401 e. The van der Waals surface area contributed by atoms with Crippen LogP contribution >= 0.6 is 0 Å². The molecule has 2 rings (SSSR count). The summed E-state index contributed by atoms with van der Waals surface area (Å²) in [7, 11) is 0. The second kappa shape index (κ2) is 5.78. The Morgan fingerprint density at radius 2 is 1.83 bits per heavy atom. The van der Waals surface area contributed by atoms with Crippen molar-refractivity contribution in [3.63, 3.8) is 0 Å². The fraction of sp³-hybridized carbons (Fsp3) is 1.00. The lowest BCUT2D eigenvalue weighted by molar-refractivity contribution is -0.127. The van der Waals surface area contributed by atoms with Gasteiger partial charge in [-0.3, -0.25) is 4.90 Å². The van der Waals surface area contributed by atoms with Crippen molar-refractivity contribution in [2.24, 2.45) is 5.92 Å². The number of alkyl halides is 3. The van der Waals surface area contributed by atoms with E-state index in [-0.39, 0.29) is 6.04 Å². The Kier molecular flexibility index (Phi) is 4.54. The van der Waals surface area contributed by atoms with E-state index in [2.05, 4.69) is 17.1 Å². The zero-order valence-electron chi connectivity index (χ0n) is 11.0. The average Bonchev–Trinajstić information content (AvgIpc) is 2.78. The molecular formula is C13H23F3N2. The maximum Gasteiger partial charge on any atom is 0.401 e. The maximum absolute atomic E-state index is 12.2. The normalized spacial score (nSPS) is 32.0. The van der Waals surface area contributed by atoms with E-state index in [9.17, 15) is 13.2 Å². The van der Waals surface area contributed by atoms with Crippen LogP contribution in [0.3, 0.4) is 0 Å². The monoisotopic (exact) mass is 264 g/mol. The smallest absolute Gasteiger partial charge is 0.305 e. The Labute approximate surface area is 107 Å². The van der Waals surface area contributed by atoms with Gasteiger partial charge in [-0.2, -0.15) is 13.2 Å². The Morgan fingerprint density at radius 1 is 1.17 bits per heavy atom. The minimum absolute atomic E-state index is 0.00373. The van der Waals surface area contributed by atoms with Gasteiger partial charge in [0.1, 0.15) is 0 Å². The van der Waals surface area contributed by atoms with Crippen LogP contribution in [-0.2, 0) is 0 Å². The summed E-state index contributed by atoms with van der Waals surface area (Å²) in [5.74, 6) is 0.491. The summed E-state index contributed by atoms with van der Waals surface area (Å²) in [5, 5.41) is 2.68. The Bertz CT molecular complexity index is 261. The van der Waals surface area contributed by atoms with Gasteiger partial charge in [0.15, 0.2) is 0 Å². The summed E-state index contributed by atoms with van der Waals surface area (Å²) in [4.78, 5) is 2.41. The lowest BCUT2D eigenvalue weighted by Gasteiger charge is -2.40. The molecule has 0 radical (unpaired) electrons. The second-order valence-corrected chi connectivity index (χ2v) is 5.93. The van der Waals surface area contributed by atoms with Crippen molar-refractivity contribution < 1.29 is 13.2 Å². The van der Waals surface area contributed by atoms with Gasteiger partial charge in [-0.15, -0.1) is 0 Å². The zero-order chi connectivity index (χ0) is 13.2. The lowest BCUT2D eigenvalue weighted by Crippen LogP contribution is -2.53. The molecule has 106 valence electrons. The molecular weight excluding hydrogens is 241 g/mol. The van der Waals surface area contributed by atoms with Gasteiger partial charge >= 0.3 is 6.18 Å². The van der Waals surface area contributed by atoms with Crippen LogP contribution in [0.2, 0.25) is 0 Å². The van der Waals surface area contributed by atoms with E-state index < -0.39 is 12.7 Å². The van der Waals surface area contributed by atoms with Gasteiger partial charge in [-0.1, -0.05) is 19.8 Å². The number of rotatable bonds is 3. The van der Waals surface area contributed by atoms with Gasteiger partial charge in [0.25, 0.3) is 0 Å². The molecule has 0 amide bonds. The molecule has 1 saturated carbocycles. The molecule has 1 N–H and O–H groups in total. The highest BCUT2D eigenvalue weighted by atomic mass is 19.4. The van der Waals surface area contributed by atoms with Gasteiger partial charge < -0.3 is 5.32 Å². The van der Waals surface area contributed by atoms with Crippen molar-refractivity contribution in [3.05, 3.63) is 0 Å². The topological polar surface area (TPSA) is 15.3 Å². The predicted octanol–water partition coefficient (Wildman–Crippen LogP) is 2.79. The Hall–Kier alpha value is -0.290. The molecule has 18 heavy (non-hydrogen) atoms. The SMILES string of the molecule is CC1CC(NCC(F)(F)F)CN(C2CCCC2)C1. The average molecular weight is 264 g/mol. The molecule has 0 aromatic rings. The van der Waals surface area contributed by atoms with Crippen molar-refractivity contribution in [1.29, 1.82) is 0 Å². The first-order valence-corrected chi connectivity index (χ1v) is 6.98. The van der Waals surface area contributed by atoms with Gasteiger partial charge in [-0.05, 0) is 25.2 Å². The molecule has 0 aromatic carbocycles. The van der Waals surface area contributed by atoms with E-state index in [1.165, 1.54) is 25.7 Å². The third kappa shape index (κ3) is 4.12. The lowest BCUT2D eigenvalue weighted by atomic mass is 9.94. The molecule has 2 aliphatic rings. The van der Waals surface area contributed by atoms with Crippen molar-refractivity contribution >= 4 is 0 Å². The molecule has 2 nitrogen and oxygen atoms in total. The van der Waals surface area contributed by atoms with Gasteiger partial charge in [0.05, 0.1) is 6.54 Å². The van der Waals surface area contributed by atoms with Crippen LogP contribution < -0.4 is 5.32 Å². The third-order valence-electron chi connectivity index (χ3n) is 4.12. The summed E-state index contributed by atoms with van der Waals surface area (Å²) < 4.78 is 36.7. The quantitative estimate of drug-likeness (QED) is 0.843. The van der Waals surface area contributed by atoms with E-state index >= 15 is 0 Å². The summed E-state index contributed by atoms with van der Waals surface area (Å²) in [6, 6.07) is 0.610. The molecule has 0 aromatic heterocycles. The molecule has 1 aliphatic heterocycles. The molecule has 0 bridgehead atoms. The summed E-state index contributed by atoms with van der Waals surface area (Å²) >= 11 is 0. The first-order valence-electron chi connectivity index (χ1n) is 6.98. The number of piperidine rings is 1. The Morgan fingerprint density at radius 3 is 2.44 bits per heavy atom. The molecule has 1 heterocycles. The molecule has 5 heteroatoms. The minimum Gasteiger partial charge on any atom is -0.305 e. The summed E-state index contributed by atoms with van der Waals surface area (Å²) in [5.41, 5.74) is 0. The number of nitrogens with zero attached hydrogens (tertiary/aromatic N) is 1. The first kappa shape index (κ1) is 14.1. The Balaban J connectivity index is 1.84. The molecule has 0 spiro atoms. The van der Waals surface area contributed by atoms with E-state index in [0.29, 0.717) is 12.0 Å². The van der Waals surface area contributed by atoms with Gasteiger partial charge in [0, 0.05) is 25.2 Å². The van der Waals surface area contributed by atoms with Crippen molar-refractivity contribution in [2.45, 2.75) is 57.3 Å². The second-order valence-electron chi connectivity index (χ2n) is 5.93. The van der Waals surface area contributed by atoms with Crippen molar-refractivity contribution in [1.82, 2.24) is 10.2 Å². The first-order chi connectivity index (χ1) is 8.44. The molecule has 2 fully saturated rings. The van der Waals surface area contributed by atoms with Crippen LogP contribution in [0.1, 0.15) is 39.0 Å². The highest BCUT2D eigenvalue weighted by Gasteiger charge is 2.33. The summed E-state index contributed by atoms with van der Waals surface area (Å²) in [6.07, 6.45) is 1.75. The highest BCUT2D eigenvalue weighted by molar-refractivity contribution is 4.87. The van der Waals surface area contributed by atoms with Gasteiger partial charge in [-0.25, -0.2) is 0 Å². The standard InChI is InChI=1S/C13H23F3N2/c1-10-6-11(17-9-13(14,15)16)8-18(7-10)12-4-2-3-5-12/h10-12,17H,2-9H2,1H3. The fourth-order valence-corrected chi connectivity index (χ4v) is 3.37. The van der Waals surface area contributed by atoms with Crippen molar-refractivity contribution in [2.75, 3.05) is 19.6 Å². The van der Waals surface area contributed by atoms with Crippen LogP contribution in [-0.4, -0.2) is 42.8 Å². The van der Waals surface area contributed by atoms with Crippen LogP contribution in [0.5, 0.6) is 0 Å². The maximum atomic E-state index is 12.2. The molecule has 1 saturated heterocycles. The van der Waals surface area contributed by atoms with E-state index in [0.717, 1.165) is 19.5 Å². The zero-order valence-corrected chi connectivity index (χ0v) is 11.0. The number of halogens is 3. The number of hydrogen-bond donors (Lipinski definition) is 1. The number of likely N-dealkylation sites (tertiary alicyclic amines) is 1. The van der Waals surface area contributed by atoms with E-state index in [1.807, 2.05) is 0 Å². The molecule has 2 atom stereocenters. The van der Waals surface area contributed by atoms with Crippen LogP contribution in [0, 0.1) is 5.92 Å². The van der Waals surface area contributed by atoms with Crippen molar-refractivity contribution in [3.8, 4) is 0 Å². The highest BCUT2D eigenvalue weighted by Crippen LogP contribution is 2.28. The van der Waals surface area contributed by atoms with Gasteiger partial charge in [0.2, 0.25) is 0 Å².